The van der Waals surface area contributed by atoms with E-state index in [2.05, 4.69) is 26.1 Å². The largest absolute Gasteiger partial charge is 0.395 e. The van der Waals surface area contributed by atoms with Crippen LogP contribution in [0.5, 0.6) is 0 Å². The zero-order valence-electron chi connectivity index (χ0n) is 12.6. The van der Waals surface area contributed by atoms with E-state index in [0.29, 0.717) is 13.1 Å². The van der Waals surface area contributed by atoms with Gasteiger partial charge in [-0.2, -0.15) is 0 Å². The smallest absolute Gasteiger partial charge is 0.251 e. The van der Waals surface area contributed by atoms with E-state index in [9.17, 15) is 8.78 Å². The number of nitrogens with one attached hydrogen (secondary N) is 1. The fourth-order valence-electron chi connectivity index (χ4n) is 2.36. The number of alkyl halides is 2. The second kappa shape index (κ2) is 10.5. The van der Waals surface area contributed by atoms with Crippen molar-refractivity contribution in [1.29, 1.82) is 0 Å². The molecular weight excluding hydrogens is 250 g/mol. The van der Waals surface area contributed by atoms with Crippen LogP contribution in [-0.2, 0) is 0 Å². The number of hydrogen-bond donors (Lipinski definition) is 2. The summed E-state index contributed by atoms with van der Waals surface area (Å²) >= 11 is 0. The zero-order chi connectivity index (χ0) is 14.7. The fraction of sp³-hybridized carbons (Fsp3) is 1.00. The molecule has 0 saturated carbocycles. The van der Waals surface area contributed by atoms with Crippen molar-refractivity contribution in [3.05, 3.63) is 0 Å². The third-order valence-electron chi connectivity index (χ3n) is 3.80. The van der Waals surface area contributed by atoms with Gasteiger partial charge in [-0.05, 0) is 31.2 Å². The van der Waals surface area contributed by atoms with Crippen LogP contribution in [-0.4, -0.2) is 55.8 Å². The Hall–Kier alpha value is -0.260. The van der Waals surface area contributed by atoms with Crippen LogP contribution in [0.25, 0.3) is 0 Å². The van der Waals surface area contributed by atoms with E-state index in [4.69, 9.17) is 5.11 Å². The summed E-state index contributed by atoms with van der Waals surface area (Å²) in [5.41, 5.74) is 0.0131. The van der Waals surface area contributed by atoms with Crippen molar-refractivity contribution in [3.8, 4) is 0 Å². The van der Waals surface area contributed by atoms with E-state index in [0.717, 1.165) is 32.4 Å². The summed E-state index contributed by atoms with van der Waals surface area (Å²) < 4.78 is 25.1. The van der Waals surface area contributed by atoms with E-state index in [1.807, 2.05) is 0 Å². The lowest BCUT2D eigenvalue weighted by Crippen LogP contribution is -2.46. The van der Waals surface area contributed by atoms with Gasteiger partial charge in [-0.25, -0.2) is 8.78 Å². The lowest BCUT2D eigenvalue weighted by molar-refractivity contribution is 0.0473. The van der Waals surface area contributed by atoms with Gasteiger partial charge in [0.15, 0.2) is 0 Å². The van der Waals surface area contributed by atoms with Crippen LogP contribution >= 0.6 is 0 Å². The van der Waals surface area contributed by atoms with Gasteiger partial charge in [0.05, 0.1) is 13.2 Å². The first-order valence-electron chi connectivity index (χ1n) is 7.35. The highest BCUT2D eigenvalue weighted by Gasteiger charge is 2.29. The number of nitrogens with zero attached hydrogens (tertiary/aromatic N) is 1. The maximum Gasteiger partial charge on any atom is 0.251 e. The van der Waals surface area contributed by atoms with Crippen molar-refractivity contribution in [3.63, 3.8) is 0 Å². The standard InChI is InChI=1S/C14H30F2N2O/c1-4-7-17-11-14(5-2,6-3)12-18(8-9-19)10-13(15)16/h13,17,19H,4-12H2,1-3H3. The van der Waals surface area contributed by atoms with E-state index in [1.165, 1.54) is 0 Å². The number of rotatable bonds is 12. The topological polar surface area (TPSA) is 35.5 Å². The van der Waals surface area contributed by atoms with E-state index >= 15 is 0 Å². The Morgan fingerprint density at radius 3 is 2.26 bits per heavy atom. The van der Waals surface area contributed by atoms with Gasteiger partial charge in [0.1, 0.15) is 0 Å². The average Bonchev–Trinajstić information content (AvgIpc) is 2.37. The molecule has 0 heterocycles. The van der Waals surface area contributed by atoms with Crippen molar-refractivity contribution in [2.45, 2.75) is 46.5 Å². The highest BCUT2D eigenvalue weighted by molar-refractivity contribution is 4.83. The molecule has 0 spiro atoms. The first-order chi connectivity index (χ1) is 9.03. The SMILES string of the molecule is CCCNCC(CC)(CC)CN(CCO)CC(F)F. The molecule has 2 N–H and O–H groups in total. The van der Waals surface area contributed by atoms with Crippen LogP contribution in [0.2, 0.25) is 0 Å². The van der Waals surface area contributed by atoms with E-state index in [1.54, 1.807) is 4.90 Å². The molecule has 0 fully saturated rings. The average molecular weight is 280 g/mol. The van der Waals surface area contributed by atoms with Crippen molar-refractivity contribution < 1.29 is 13.9 Å². The molecule has 0 rings (SSSR count). The van der Waals surface area contributed by atoms with Crippen LogP contribution in [0.3, 0.4) is 0 Å². The van der Waals surface area contributed by atoms with Gasteiger partial charge in [0, 0.05) is 19.6 Å². The number of aliphatic hydroxyl groups excluding tert-OH is 1. The van der Waals surface area contributed by atoms with Crippen LogP contribution in [0.15, 0.2) is 0 Å². The Bertz CT molecular complexity index is 212. The predicted molar refractivity (Wildman–Crippen MR) is 75.7 cm³/mol. The van der Waals surface area contributed by atoms with Gasteiger partial charge < -0.3 is 10.4 Å². The van der Waals surface area contributed by atoms with Crippen molar-refractivity contribution in [1.82, 2.24) is 10.2 Å². The summed E-state index contributed by atoms with van der Waals surface area (Å²) in [5, 5.41) is 12.4. The number of halogens is 2. The molecule has 0 bridgehead atoms. The van der Waals surface area contributed by atoms with Gasteiger partial charge >= 0.3 is 0 Å². The summed E-state index contributed by atoms with van der Waals surface area (Å²) in [6, 6.07) is 0. The molecule has 0 aliphatic carbocycles. The molecule has 3 nitrogen and oxygen atoms in total. The third kappa shape index (κ3) is 7.80. The minimum Gasteiger partial charge on any atom is -0.395 e. The Kier molecular flexibility index (Phi) is 10.4. The zero-order valence-corrected chi connectivity index (χ0v) is 12.6. The van der Waals surface area contributed by atoms with E-state index < -0.39 is 6.43 Å². The minimum atomic E-state index is -2.35. The molecule has 0 aromatic heterocycles. The van der Waals surface area contributed by atoms with Gasteiger partial charge in [-0.1, -0.05) is 20.8 Å². The minimum absolute atomic E-state index is 0.0131. The molecule has 0 unspecified atom stereocenters. The molecule has 0 atom stereocenters. The summed E-state index contributed by atoms with van der Waals surface area (Å²) in [5.74, 6) is 0. The normalized spacial score (nSPS) is 12.6. The Morgan fingerprint density at radius 2 is 1.84 bits per heavy atom. The van der Waals surface area contributed by atoms with Crippen LogP contribution in [0, 0.1) is 5.41 Å². The van der Waals surface area contributed by atoms with E-state index in [-0.39, 0.29) is 18.6 Å². The molecule has 19 heavy (non-hydrogen) atoms. The molecule has 0 aliphatic heterocycles. The molecular formula is C14H30F2N2O. The first-order valence-corrected chi connectivity index (χ1v) is 7.35. The lowest BCUT2D eigenvalue weighted by atomic mass is 9.81. The van der Waals surface area contributed by atoms with Crippen molar-refractivity contribution >= 4 is 0 Å². The van der Waals surface area contributed by atoms with Crippen LogP contribution in [0.1, 0.15) is 40.0 Å². The summed E-state index contributed by atoms with van der Waals surface area (Å²) in [6.45, 7) is 8.74. The molecule has 0 amide bonds. The second-order valence-electron chi connectivity index (χ2n) is 5.23. The molecule has 0 aliphatic rings. The molecule has 0 saturated heterocycles. The Morgan fingerprint density at radius 1 is 1.21 bits per heavy atom. The van der Waals surface area contributed by atoms with Gasteiger partial charge in [-0.3, -0.25) is 4.90 Å². The first kappa shape index (κ1) is 18.7. The van der Waals surface area contributed by atoms with Crippen molar-refractivity contribution in [2.75, 3.05) is 39.3 Å². The number of aliphatic hydroxyl groups is 1. The lowest BCUT2D eigenvalue weighted by Gasteiger charge is -2.37. The maximum atomic E-state index is 12.6. The highest BCUT2D eigenvalue weighted by Crippen LogP contribution is 2.27. The maximum absolute atomic E-state index is 12.6. The van der Waals surface area contributed by atoms with Gasteiger partial charge in [-0.15, -0.1) is 0 Å². The molecule has 0 aromatic carbocycles. The summed E-state index contributed by atoms with van der Waals surface area (Å²) in [6.07, 6.45) is 0.624. The molecule has 0 radical (unpaired) electrons. The summed E-state index contributed by atoms with van der Waals surface area (Å²) in [4.78, 5) is 1.69. The number of hydrogen-bond acceptors (Lipinski definition) is 3. The van der Waals surface area contributed by atoms with Crippen molar-refractivity contribution in [2.24, 2.45) is 5.41 Å². The molecule has 116 valence electrons. The molecule has 0 aromatic rings. The fourth-order valence-corrected chi connectivity index (χ4v) is 2.36. The quantitative estimate of drug-likeness (QED) is 0.539. The summed E-state index contributed by atoms with van der Waals surface area (Å²) in [7, 11) is 0. The predicted octanol–water partition coefficient (Wildman–Crippen LogP) is 2.35. The van der Waals surface area contributed by atoms with Crippen LogP contribution < -0.4 is 5.32 Å². The van der Waals surface area contributed by atoms with Gasteiger partial charge in [0.2, 0.25) is 0 Å². The second-order valence-corrected chi connectivity index (χ2v) is 5.23. The monoisotopic (exact) mass is 280 g/mol. The van der Waals surface area contributed by atoms with Gasteiger partial charge in [0.25, 0.3) is 6.43 Å². The third-order valence-corrected chi connectivity index (χ3v) is 3.80. The van der Waals surface area contributed by atoms with Crippen LogP contribution in [0.4, 0.5) is 8.78 Å². The Balaban J connectivity index is 4.55. The highest BCUT2D eigenvalue weighted by atomic mass is 19.3. The Labute approximate surface area is 116 Å². The molecule has 5 heteroatoms.